The van der Waals surface area contributed by atoms with E-state index in [9.17, 15) is 4.79 Å². The van der Waals surface area contributed by atoms with E-state index in [-0.39, 0.29) is 18.4 Å². The van der Waals surface area contributed by atoms with E-state index in [2.05, 4.69) is 5.32 Å². The Balaban J connectivity index is 1.65. The Morgan fingerprint density at radius 3 is 2.62 bits per heavy atom. The SMILES string of the molecule is C[C@@H](NC(=O)Cc1ccc(Cl)cc1Cl)c1ccc2c(c1)OCCO2. The Labute approximate surface area is 150 Å². The lowest BCUT2D eigenvalue weighted by molar-refractivity contribution is -0.121. The summed E-state index contributed by atoms with van der Waals surface area (Å²) in [6.07, 6.45) is 0.199. The standard InChI is InChI=1S/C18H17Cl2NO3/c1-11(12-3-5-16-17(8-12)24-7-6-23-16)21-18(22)9-13-2-4-14(19)10-15(13)20/h2-5,8,10-11H,6-7,9H2,1H3,(H,21,22)/t11-/m1/s1. The van der Waals surface area contributed by atoms with Crippen molar-refractivity contribution in [3.05, 3.63) is 57.6 Å². The second-order valence-electron chi connectivity index (χ2n) is 5.60. The molecule has 0 aliphatic carbocycles. The van der Waals surface area contributed by atoms with E-state index < -0.39 is 0 Å². The van der Waals surface area contributed by atoms with Crippen molar-refractivity contribution in [1.29, 1.82) is 0 Å². The Morgan fingerprint density at radius 1 is 1.12 bits per heavy atom. The molecule has 2 aromatic rings. The molecule has 126 valence electrons. The molecule has 1 aliphatic rings. The third-order valence-electron chi connectivity index (χ3n) is 3.81. The van der Waals surface area contributed by atoms with E-state index in [4.69, 9.17) is 32.7 Å². The highest BCUT2D eigenvalue weighted by Crippen LogP contribution is 2.32. The van der Waals surface area contributed by atoms with Gasteiger partial charge >= 0.3 is 0 Å². The van der Waals surface area contributed by atoms with Crippen molar-refractivity contribution in [2.24, 2.45) is 0 Å². The number of benzene rings is 2. The van der Waals surface area contributed by atoms with Crippen LogP contribution < -0.4 is 14.8 Å². The lowest BCUT2D eigenvalue weighted by Crippen LogP contribution is -2.28. The van der Waals surface area contributed by atoms with Gasteiger partial charge in [0.05, 0.1) is 12.5 Å². The summed E-state index contributed by atoms with van der Waals surface area (Å²) in [7, 11) is 0. The summed E-state index contributed by atoms with van der Waals surface area (Å²) < 4.78 is 11.1. The highest BCUT2D eigenvalue weighted by atomic mass is 35.5. The molecule has 3 rings (SSSR count). The second-order valence-corrected chi connectivity index (χ2v) is 6.45. The Bertz CT molecular complexity index is 764. The number of halogens is 2. The van der Waals surface area contributed by atoms with Gasteiger partial charge in [0, 0.05) is 10.0 Å². The van der Waals surface area contributed by atoms with Crippen molar-refractivity contribution in [3.8, 4) is 11.5 Å². The van der Waals surface area contributed by atoms with Crippen LogP contribution in [0.3, 0.4) is 0 Å². The smallest absolute Gasteiger partial charge is 0.224 e. The second kappa shape index (κ2) is 7.32. The van der Waals surface area contributed by atoms with Gasteiger partial charge < -0.3 is 14.8 Å². The molecular weight excluding hydrogens is 349 g/mol. The van der Waals surface area contributed by atoms with E-state index >= 15 is 0 Å². The molecular formula is C18H17Cl2NO3. The number of rotatable bonds is 4. The number of nitrogens with one attached hydrogen (secondary N) is 1. The summed E-state index contributed by atoms with van der Waals surface area (Å²) in [6.45, 7) is 3.01. The van der Waals surface area contributed by atoms with Gasteiger partial charge in [-0.3, -0.25) is 4.79 Å². The van der Waals surface area contributed by atoms with Gasteiger partial charge in [-0.25, -0.2) is 0 Å². The van der Waals surface area contributed by atoms with Crippen molar-refractivity contribution < 1.29 is 14.3 Å². The predicted octanol–water partition coefficient (Wildman–Crippen LogP) is 4.18. The van der Waals surface area contributed by atoms with E-state index in [0.717, 1.165) is 16.9 Å². The summed E-state index contributed by atoms with van der Waals surface area (Å²) >= 11 is 12.0. The molecule has 0 fully saturated rings. The van der Waals surface area contributed by atoms with Gasteiger partial charge in [-0.15, -0.1) is 0 Å². The maximum absolute atomic E-state index is 12.3. The average Bonchev–Trinajstić information content (AvgIpc) is 2.57. The summed E-state index contributed by atoms with van der Waals surface area (Å²) in [5, 5.41) is 4.01. The maximum atomic E-state index is 12.3. The highest BCUT2D eigenvalue weighted by Gasteiger charge is 2.16. The van der Waals surface area contributed by atoms with Crippen LogP contribution in [-0.2, 0) is 11.2 Å². The lowest BCUT2D eigenvalue weighted by Gasteiger charge is -2.21. The monoisotopic (exact) mass is 365 g/mol. The first-order valence-corrected chi connectivity index (χ1v) is 8.41. The van der Waals surface area contributed by atoms with Gasteiger partial charge in [0.1, 0.15) is 13.2 Å². The molecule has 0 bridgehead atoms. The van der Waals surface area contributed by atoms with Crippen LogP contribution >= 0.6 is 23.2 Å². The van der Waals surface area contributed by atoms with Crippen LogP contribution in [0, 0.1) is 0 Å². The topological polar surface area (TPSA) is 47.6 Å². The zero-order valence-electron chi connectivity index (χ0n) is 13.1. The lowest BCUT2D eigenvalue weighted by atomic mass is 10.1. The number of carbonyl (C=O) groups excluding carboxylic acids is 1. The first-order valence-electron chi connectivity index (χ1n) is 7.66. The molecule has 1 N–H and O–H groups in total. The molecule has 0 aromatic heterocycles. The molecule has 0 radical (unpaired) electrons. The van der Waals surface area contributed by atoms with Crippen LogP contribution in [-0.4, -0.2) is 19.1 Å². The van der Waals surface area contributed by atoms with Crippen molar-refractivity contribution in [3.63, 3.8) is 0 Å². The quantitative estimate of drug-likeness (QED) is 0.883. The van der Waals surface area contributed by atoms with Crippen molar-refractivity contribution >= 4 is 29.1 Å². The summed E-state index contributed by atoms with van der Waals surface area (Å²) in [5.74, 6) is 1.33. The van der Waals surface area contributed by atoms with Crippen LogP contribution in [0.25, 0.3) is 0 Å². The van der Waals surface area contributed by atoms with Gasteiger partial charge in [-0.05, 0) is 42.3 Å². The van der Waals surface area contributed by atoms with Gasteiger partial charge in [-0.1, -0.05) is 35.3 Å². The number of amides is 1. The fourth-order valence-corrected chi connectivity index (χ4v) is 3.02. The van der Waals surface area contributed by atoms with Crippen LogP contribution in [0.2, 0.25) is 10.0 Å². The molecule has 1 amide bonds. The molecule has 1 atom stereocenters. The fraction of sp³-hybridized carbons (Fsp3) is 0.278. The molecule has 1 aliphatic heterocycles. The Hall–Kier alpha value is -1.91. The highest BCUT2D eigenvalue weighted by molar-refractivity contribution is 6.35. The third kappa shape index (κ3) is 3.94. The minimum atomic E-state index is -0.153. The number of fused-ring (bicyclic) bond motifs is 1. The number of hydrogen-bond acceptors (Lipinski definition) is 3. The molecule has 6 heteroatoms. The summed E-state index contributed by atoms with van der Waals surface area (Å²) in [5.41, 5.74) is 1.70. The fourth-order valence-electron chi connectivity index (χ4n) is 2.54. The molecule has 0 saturated carbocycles. The minimum absolute atomic E-state index is 0.110. The Kier molecular flexibility index (Phi) is 5.17. The van der Waals surface area contributed by atoms with Crippen LogP contribution in [0.15, 0.2) is 36.4 Å². The Morgan fingerprint density at radius 2 is 1.88 bits per heavy atom. The van der Waals surface area contributed by atoms with Gasteiger partial charge in [0.25, 0.3) is 0 Å². The summed E-state index contributed by atoms with van der Waals surface area (Å²) in [4.78, 5) is 12.3. The third-order valence-corrected chi connectivity index (χ3v) is 4.40. The molecule has 2 aromatic carbocycles. The summed E-state index contributed by atoms with van der Waals surface area (Å²) in [6, 6.07) is 10.7. The van der Waals surface area contributed by atoms with E-state index in [1.54, 1.807) is 18.2 Å². The van der Waals surface area contributed by atoms with Crippen molar-refractivity contribution in [2.45, 2.75) is 19.4 Å². The van der Waals surface area contributed by atoms with Crippen LogP contribution in [0.1, 0.15) is 24.1 Å². The zero-order valence-corrected chi connectivity index (χ0v) is 14.7. The zero-order chi connectivity index (χ0) is 17.1. The molecule has 1 heterocycles. The minimum Gasteiger partial charge on any atom is -0.486 e. The maximum Gasteiger partial charge on any atom is 0.224 e. The average molecular weight is 366 g/mol. The van der Waals surface area contributed by atoms with Gasteiger partial charge in [-0.2, -0.15) is 0 Å². The normalized spacial score (nSPS) is 14.1. The van der Waals surface area contributed by atoms with Crippen molar-refractivity contribution in [1.82, 2.24) is 5.32 Å². The predicted molar refractivity (Wildman–Crippen MR) is 94.2 cm³/mol. The van der Waals surface area contributed by atoms with E-state index in [1.807, 2.05) is 25.1 Å². The first-order chi connectivity index (χ1) is 11.5. The van der Waals surface area contributed by atoms with Gasteiger partial charge in [0.15, 0.2) is 11.5 Å². The number of carbonyl (C=O) groups is 1. The molecule has 0 spiro atoms. The van der Waals surface area contributed by atoms with Crippen LogP contribution in [0.4, 0.5) is 0 Å². The van der Waals surface area contributed by atoms with E-state index in [0.29, 0.717) is 29.0 Å². The van der Waals surface area contributed by atoms with Crippen molar-refractivity contribution in [2.75, 3.05) is 13.2 Å². The number of hydrogen-bond donors (Lipinski definition) is 1. The van der Waals surface area contributed by atoms with Gasteiger partial charge in [0.2, 0.25) is 5.91 Å². The molecule has 0 saturated heterocycles. The first kappa shape index (κ1) is 16.9. The molecule has 0 unspecified atom stereocenters. The van der Waals surface area contributed by atoms with Crippen LogP contribution in [0.5, 0.6) is 11.5 Å². The largest absolute Gasteiger partial charge is 0.486 e. The number of ether oxygens (including phenoxy) is 2. The molecule has 24 heavy (non-hydrogen) atoms. The molecule has 4 nitrogen and oxygen atoms in total. The van der Waals surface area contributed by atoms with E-state index in [1.165, 1.54) is 0 Å².